The van der Waals surface area contributed by atoms with Gasteiger partial charge in [-0.2, -0.15) is 0 Å². The van der Waals surface area contributed by atoms with Crippen molar-refractivity contribution < 1.29 is 30.0 Å². The number of rotatable bonds is 8. The Morgan fingerprint density at radius 1 is 0.936 bits per heavy atom. The molecule has 0 unspecified atom stereocenters. The zero-order valence-corrected chi connectivity index (χ0v) is 32.0. The second-order valence-electron chi connectivity index (χ2n) is 13.3. The molecule has 1 aliphatic carbocycles. The van der Waals surface area contributed by atoms with Crippen molar-refractivity contribution in [2.75, 3.05) is 0 Å². The van der Waals surface area contributed by atoms with E-state index in [9.17, 15) is 9.90 Å². The fourth-order valence-electron chi connectivity index (χ4n) is 6.61. The number of hydrogen-bond donors (Lipinski definition) is 1. The van der Waals surface area contributed by atoms with Crippen molar-refractivity contribution in [1.82, 2.24) is 9.97 Å². The molecule has 0 bridgehead atoms. The summed E-state index contributed by atoms with van der Waals surface area (Å²) in [4.78, 5) is 22.6. The van der Waals surface area contributed by atoms with Crippen LogP contribution in [0.4, 0.5) is 0 Å². The molecule has 0 amide bonds. The molecule has 0 aliphatic heterocycles. The van der Waals surface area contributed by atoms with Crippen molar-refractivity contribution in [1.29, 1.82) is 0 Å². The normalized spacial score (nSPS) is 12.8. The van der Waals surface area contributed by atoms with Crippen molar-refractivity contribution in [2.45, 2.75) is 92.4 Å². The summed E-state index contributed by atoms with van der Waals surface area (Å²) in [6.45, 7) is 14.9. The van der Waals surface area contributed by atoms with E-state index in [0.717, 1.165) is 55.2 Å². The summed E-state index contributed by atoms with van der Waals surface area (Å²) in [6.07, 6.45) is 10.8. The van der Waals surface area contributed by atoms with Crippen LogP contribution in [0.25, 0.3) is 42.6 Å². The van der Waals surface area contributed by atoms with E-state index in [4.69, 9.17) is 4.98 Å². The number of pyridine rings is 2. The second kappa shape index (κ2) is 15.8. The summed E-state index contributed by atoms with van der Waals surface area (Å²) in [7, 11) is 0. The minimum Gasteiger partial charge on any atom is -0.512 e. The monoisotopic (exact) mass is 824 g/mol. The molecule has 0 fully saturated rings. The number of hydrogen-bond acceptors (Lipinski definition) is 5. The van der Waals surface area contributed by atoms with Gasteiger partial charge < -0.3 is 5.11 Å². The molecule has 1 aliphatic rings. The molecule has 3 heterocycles. The first kappa shape index (κ1) is 36.7. The minimum atomic E-state index is 0. The molecule has 0 saturated carbocycles. The van der Waals surface area contributed by atoms with Crippen LogP contribution in [-0.2, 0) is 43.2 Å². The van der Waals surface area contributed by atoms with Gasteiger partial charge in [0.05, 0.1) is 5.76 Å². The van der Waals surface area contributed by atoms with Gasteiger partial charge in [-0.3, -0.25) is 14.8 Å². The largest absolute Gasteiger partial charge is 0.512 e. The van der Waals surface area contributed by atoms with Crippen LogP contribution in [0, 0.1) is 17.9 Å². The van der Waals surface area contributed by atoms with Crippen molar-refractivity contribution in [2.24, 2.45) is 11.8 Å². The maximum Gasteiger partial charge on any atom is 0.162 e. The van der Waals surface area contributed by atoms with E-state index in [1.165, 1.54) is 48.8 Å². The molecular formula is C41H47IrN2O2S-. The van der Waals surface area contributed by atoms with Crippen LogP contribution in [0.15, 0.2) is 72.8 Å². The van der Waals surface area contributed by atoms with Crippen LogP contribution in [0.5, 0.6) is 0 Å². The van der Waals surface area contributed by atoms with Gasteiger partial charge in [-0.05, 0) is 67.0 Å². The first-order valence-electron chi connectivity index (χ1n) is 16.9. The standard InChI is InChI=1S/C28H23N2S.C13H24O2.Ir/c1-28(2,3)22-16-18(15-17-7-4-5-8-19(17)22)26-25-21-10-11-23-20(9-6-13-29-23)27(21)31-24(25)12-14-30-26;1-5-10(6-2)12(14)9-13(15)11(7-3)8-4;/h4-9,12-14,16H,10-11H2,1-3H3;9-11,14H,5-8H2,1-4H3;/q-1;;/b;12-9-;. The van der Waals surface area contributed by atoms with Gasteiger partial charge in [0.2, 0.25) is 0 Å². The van der Waals surface area contributed by atoms with Gasteiger partial charge in [0, 0.05) is 76.9 Å². The van der Waals surface area contributed by atoms with E-state index >= 15 is 0 Å². The Morgan fingerprint density at radius 3 is 2.32 bits per heavy atom. The average molecular weight is 824 g/mol. The van der Waals surface area contributed by atoms with E-state index in [1.807, 2.05) is 57.5 Å². The molecule has 1 N–H and O–H groups in total. The van der Waals surface area contributed by atoms with Gasteiger partial charge >= 0.3 is 0 Å². The number of ketones is 1. The summed E-state index contributed by atoms with van der Waals surface area (Å²) in [5.41, 5.74) is 7.44. The molecule has 3 aromatic heterocycles. The molecule has 4 nitrogen and oxygen atoms in total. The number of fused-ring (bicyclic) bond motifs is 6. The van der Waals surface area contributed by atoms with E-state index in [1.54, 1.807) is 0 Å². The molecule has 6 heteroatoms. The van der Waals surface area contributed by atoms with E-state index < -0.39 is 0 Å². The van der Waals surface area contributed by atoms with Crippen molar-refractivity contribution in [3.05, 3.63) is 95.6 Å². The molecule has 5 aromatic rings. The fraction of sp³-hybridized carbons (Fsp3) is 0.390. The Balaban J connectivity index is 0.000000269. The number of carbonyl (C=O) groups is 1. The number of nitrogens with zero attached hydrogens (tertiary/aromatic N) is 2. The molecule has 0 atom stereocenters. The number of thiophene rings is 1. The predicted molar refractivity (Wildman–Crippen MR) is 195 cm³/mol. The molecule has 47 heavy (non-hydrogen) atoms. The van der Waals surface area contributed by atoms with Gasteiger partial charge in [-0.1, -0.05) is 83.7 Å². The SMILES string of the molecule is CC(C)(C)c1cc(-c2nccc3sc4c(c23)CCc2ncccc2-4)[c-]c2ccccc12.CCC(CC)C(=O)/C=C(\O)C(CC)CC.[Ir]. The maximum atomic E-state index is 11.7. The van der Waals surface area contributed by atoms with E-state index in [2.05, 4.69) is 74.3 Å². The third-order valence-corrected chi connectivity index (χ3v) is 10.6. The Hall–Kier alpha value is -3.18. The van der Waals surface area contributed by atoms with Crippen molar-refractivity contribution >= 4 is 38.0 Å². The molecule has 0 saturated heterocycles. The van der Waals surface area contributed by atoms with Crippen LogP contribution in [0.2, 0.25) is 0 Å². The number of aryl methyl sites for hydroxylation is 2. The topological polar surface area (TPSA) is 63.1 Å². The quantitative estimate of drug-likeness (QED) is 0.0962. The minimum absolute atomic E-state index is 0. The molecule has 2 aromatic carbocycles. The molecular weight excluding hydrogens is 777 g/mol. The summed E-state index contributed by atoms with van der Waals surface area (Å²) in [5.74, 6) is 0.547. The Kier molecular flexibility index (Phi) is 12.3. The van der Waals surface area contributed by atoms with Gasteiger partial charge in [0.1, 0.15) is 0 Å². The third kappa shape index (κ3) is 7.77. The maximum absolute atomic E-state index is 11.7. The first-order chi connectivity index (χ1) is 22.1. The van der Waals surface area contributed by atoms with E-state index in [-0.39, 0.29) is 48.9 Å². The number of allylic oxidation sites excluding steroid dienone is 2. The van der Waals surface area contributed by atoms with Gasteiger partial charge in [-0.15, -0.1) is 40.5 Å². The van der Waals surface area contributed by atoms with Gasteiger partial charge in [-0.25, -0.2) is 0 Å². The van der Waals surface area contributed by atoms with Gasteiger partial charge in [0.15, 0.2) is 5.78 Å². The molecule has 0 spiro atoms. The summed E-state index contributed by atoms with van der Waals surface area (Å²) < 4.78 is 1.30. The van der Waals surface area contributed by atoms with Crippen molar-refractivity contribution in [3.63, 3.8) is 0 Å². The Bertz CT molecular complexity index is 1880. The summed E-state index contributed by atoms with van der Waals surface area (Å²) >= 11 is 1.87. The van der Waals surface area contributed by atoms with Crippen LogP contribution in [0.1, 0.15) is 91.0 Å². The average Bonchev–Trinajstić information content (AvgIpc) is 3.45. The number of carbonyl (C=O) groups excluding carboxylic acids is 1. The van der Waals surface area contributed by atoms with Crippen LogP contribution in [-0.4, -0.2) is 20.9 Å². The van der Waals surface area contributed by atoms with Gasteiger partial charge in [0.25, 0.3) is 0 Å². The second-order valence-corrected chi connectivity index (χ2v) is 14.4. The zero-order chi connectivity index (χ0) is 33.0. The van der Waals surface area contributed by atoms with Crippen LogP contribution in [0.3, 0.4) is 0 Å². The number of aliphatic hydroxyl groups is 1. The molecule has 1 radical (unpaired) electrons. The number of benzene rings is 2. The smallest absolute Gasteiger partial charge is 0.162 e. The summed E-state index contributed by atoms with van der Waals surface area (Å²) in [6, 6.07) is 21.0. The Morgan fingerprint density at radius 2 is 1.64 bits per heavy atom. The van der Waals surface area contributed by atoms with Crippen LogP contribution >= 0.6 is 11.3 Å². The number of aromatic nitrogens is 2. The summed E-state index contributed by atoms with van der Waals surface area (Å²) in [5, 5.41) is 13.5. The predicted octanol–water partition coefficient (Wildman–Crippen LogP) is 11.2. The Labute approximate surface area is 298 Å². The molecule has 249 valence electrons. The fourth-order valence-corrected chi connectivity index (χ4v) is 7.91. The zero-order valence-electron chi connectivity index (χ0n) is 28.7. The number of aliphatic hydroxyl groups excluding tert-OH is 1. The molecule has 6 rings (SSSR count). The first-order valence-corrected chi connectivity index (χ1v) is 17.7. The van der Waals surface area contributed by atoms with Crippen LogP contribution < -0.4 is 0 Å². The van der Waals surface area contributed by atoms with Crippen molar-refractivity contribution in [3.8, 4) is 21.7 Å². The third-order valence-electron chi connectivity index (χ3n) is 9.37. The van der Waals surface area contributed by atoms with E-state index in [0.29, 0.717) is 0 Å².